The lowest BCUT2D eigenvalue weighted by molar-refractivity contribution is -0.110. The molecule has 0 saturated heterocycles. The second-order valence-electron chi connectivity index (χ2n) is 9.39. The number of halogens is 1. The molecule has 2 heterocycles. The molecule has 0 unspecified atom stereocenters. The summed E-state index contributed by atoms with van der Waals surface area (Å²) in [6.45, 7) is 0. The fourth-order valence-electron chi connectivity index (χ4n) is 5.02. The van der Waals surface area contributed by atoms with Crippen LogP contribution in [0.2, 0.25) is 0 Å². The van der Waals surface area contributed by atoms with Crippen LogP contribution in [0.5, 0.6) is 0 Å². The summed E-state index contributed by atoms with van der Waals surface area (Å²) < 4.78 is 0.950. The van der Waals surface area contributed by atoms with Gasteiger partial charge in [0.1, 0.15) is 5.84 Å². The summed E-state index contributed by atoms with van der Waals surface area (Å²) in [4.78, 5) is 21.0. The van der Waals surface area contributed by atoms with E-state index in [9.17, 15) is 4.79 Å². The van der Waals surface area contributed by atoms with Crippen LogP contribution >= 0.6 is 15.9 Å². The minimum atomic E-state index is -0.347. The minimum absolute atomic E-state index is 0.203. The SMILES string of the molecule is O=C(Nc1ccccc1)C1=NN(c2ccc(Br)cc2)C(c2ccccc2)=CC2=Nc3cccc4cccc(c34)N21. The van der Waals surface area contributed by atoms with Crippen LogP contribution in [0.3, 0.4) is 0 Å². The highest BCUT2D eigenvalue weighted by molar-refractivity contribution is 9.10. The average molecular weight is 584 g/mol. The number of nitrogens with zero attached hydrogens (tertiary/aromatic N) is 4. The number of anilines is 3. The third kappa shape index (κ3) is 4.26. The lowest BCUT2D eigenvalue weighted by atomic mass is 10.0. The molecule has 0 atom stereocenters. The number of benzene rings is 5. The van der Waals surface area contributed by atoms with Crippen molar-refractivity contribution in [1.29, 1.82) is 0 Å². The monoisotopic (exact) mass is 583 g/mol. The predicted molar refractivity (Wildman–Crippen MR) is 167 cm³/mol. The van der Waals surface area contributed by atoms with Crippen LogP contribution in [0.15, 0.2) is 142 Å². The van der Waals surface area contributed by atoms with Gasteiger partial charge in [-0.1, -0.05) is 88.7 Å². The van der Waals surface area contributed by atoms with Crippen LogP contribution in [0, 0.1) is 0 Å². The maximum Gasteiger partial charge on any atom is 0.293 e. The molecule has 6 nitrogen and oxygen atoms in total. The van der Waals surface area contributed by atoms with E-state index in [-0.39, 0.29) is 11.7 Å². The molecule has 192 valence electrons. The number of amidine groups is 2. The Hall–Kier alpha value is -5.01. The third-order valence-electron chi connectivity index (χ3n) is 6.84. The number of para-hydroxylation sites is 1. The Morgan fingerprint density at radius 3 is 2.20 bits per heavy atom. The molecule has 5 aromatic carbocycles. The van der Waals surface area contributed by atoms with E-state index in [1.54, 1.807) is 0 Å². The third-order valence-corrected chi connectivity index (χ3v) is 7.37. The summed E-state index contributed by atoms with van der Waals surface area (Å²) in [7, 11) is 0. The molecule has 0 saturated carbocycles. The molecule has 2 aliphatic heterocycles. The number of hydrogen-bond donors (Lipinski definition) is 1. The largest absolute Gasteiger partial charge is 0.319 e. The summed E-state index contributed by atoms with van der Waals surface area (Å²) in [6.07, 6.45) is 2.00. The van der Waals surface area contributed by atoms with Crippen molar-refractivity contribution < 1.29 is 4.79 Å². The van der Waals surface area contributed by atoms with Gasteiger partial charge in [-0.05, 0) is 53.9 Å². The van der Waals surface area contributed by atoms with Gasteiger partial charge in [0.2, 0.25) is 5.84 Å². The van der Waals surface area contributed by atoms with Crippen molar-refractivity contribution in [2.75, 3.05) is 15.2 Å². The van der Waals surface area contributed by atoms with Crippen molar-refractivity contribution in [1.82, 2.24) is 0 Å². The first-order valence-corrected chi connectivity index (χ1v) is 13.6. The smallest absolute Gasteiger partial charge is 0.293 e. The van der Waals surface area contributed by atoms with E-state index in [1.165, 1.54) is 0 Å². The lowest BCUT2D eigenvalue weighted by Gasteiger charge is -2.29. The normalized spacial score (nSPS) is 14.1. The van der Waals surface area contributed by atoms with Crippen LogP contribution in [0.4, 0.5) is 22.7 Å². The number of hydrogen-bond acceptors (Lipinski definition) is 5. The zero-order valence-electron chi connectivity index (χ0n) is 21.2. The second-order valence-corrected chi connectivity index (χ2v) is 10.3. The van der Waals surface area contributed by atoms with E-state index >= 15 is 0 Å². The van der Waals surface area contributed by atoms with Gasteiger partial charge >= 0.3 is 0 Å². The van der Waals surface area contributed by atoms with Crippen molar-refractivity contribution in [3.63, 3.8) is 0 Å². The van der Waals surface area contributed by atoms with E-state index in [0.717, 1.165) is 43.6 Å². The zero-order valence-corrected chi connectivity index (χ0v) is 22.8. The molecular weight excluding hydrogens is 562 g/mol. The van der Waals surface area contributed by atoms with Crippen molar-refractivity contribution in [3.05, 3.63) is 137 Å². The van der Waals surface area contributed by atoms with Crippen LogP contribution in [0.1, 0.15) is 5.56 Å². The number of carbonyl (C=O) groups is 1. The van der Waals surface area contributed by atoms with Crippen LogP contribution in [0.25, 0.3) is 16.5 Å². The van der Waals surface area contributed by atoms with Crippen molar-refractivity contribution in [2.24, 2.45) is 10.1 Å². The first-order valence-electron chi connectivity index (χ1n) is 12.8. The molecular formula is C33H22BrN5O. The quantitative estimate of drug-likeness (QED) is 0.233. The minimum Gasteiger partial charge on any atom is -0.319 e. The average Bonchev–Trinajstić information content (AvgIpc) is 3.16. The summed E-state index contributed by atoms with van der Waals surface area (Å²) in [6, 6.07) is 39.4. The van der Waals surface area contributed by atoms with E-state index in [1.807, 2.05) is 125 Å². The van der Waals surface area contributed by atoms with E-state index in [4.69, 9.17) is 10.1 Å². The number of rotatable bonds is 4. The fourth-order valence-corrected chi connectivity index (χ4v) is 5.29. The number of carbonyl (C=O) groups excluding carboxylic acids is 1. The Bertz CT molecular complexity index is 1840. The van der Waals surface area contributed by atoms with Crippen LogP contribution in [-0.2, 0) is 4.79 Å². The summed E-state index contributed by atoms with van der Waals surface area (Å²) in [5, 5.41) is 11.9. The Labute approximate surface area is 239 Å². The van der Waals surface area contributed by atoms with Gasteiger partial charge in [0.05, 0.1) is 22.8 Å². The zero-order chi connectivity index (χ0) is 27.1. The number of fused-ring (bicyclic) bond motifs is 2. The number of aliphatic imine (C=N–C) groups is 1. The Balaban J connectivity index is 1.50. The second kappa shape index (κ2) is 9.94. The van der Waals surface area contributed by atoms with Crippen molar-refractivity contribution in [2.45, 2.75) is 0 Å². The molecule has 0 fully saturated rings. The molecule has 7 rings (SSSR count). The summed E-state index contributed by atoms with van der Waals surface area (Å²) in [5.41, 5.74) is 4.92. The Morgan fingerprint density at radius 2 is 1.45 bits per heavy atom. The highest BCUT2D eigenvalue weighted by atomic mass is 79.9. The number of amides is 1. The fraction of sp³-hybridized carbons (Fsp3) is 0. The predicted octanol–water partition coefficient (Wildman–Crippen LogP) is 7.97. The highest BCUT2D eigenvalue weighted by Gasteiger charge is 2.34. The van der Waals surface area contributed by atoms with Gasteiger partial charge in [-0.3, -0.25) is 9.69 Å². The number of nitrogens with one attached hydrogen (secondary N) is 1. The molecule has 2 aliphatic rings. The highest BCUT2D eigenvalue weighted by Crippen LogP contribution is 2.41. The van der Waals surface area contributed by atoms with Crippen molar-refractivity contribution in [3.8, 4) is 0 Å². The van der Waals surface area contributed by atoms with E-state index in [2.05, 4.69) is 33.4 Å². The summed E-state index contributed by atoms with van der Waals surface area (Å²) in [5.74, 6) is 0.460. The molecule has 5 aromatic rings. The Kier molecular flexibility index (Phi) is 5.98. The van der Waals surface area contributed by atoms with E-state index < -0.39 is 0 Å². The number of hydrazone groups is 1. The molecule has 40 heavy (non-hydrogen) atoms. The van der Waals surface area contributed by atoms with Crippen LogP contribution in [-0.4, -0.2) is 17.6 Å². The first kappa shape index (κ1) is 24.1. The van der Waals surface area contributed by atoms with Gasteiger partial charge in [-0.2, -0.15) is 0 Å². The van der Waals surface area contributed by atoms with E-state index in [0.29, 0.717) is 11.5 Å². The first-order chi connectivity index (χ1) is 19.7. The topological polar surface area (TPSA) is 60.3 Å². The molecule has 0 radical (unpaired) electrons. The summed E-state index contributed by atoms with van der Waals surface area (Å²) >= 11 is 3.54. The van der Waals surface area contributed by atoms with Crippen molar-refractivity contribution >= 4 is 72.7 Å². The maximum atomic E-state index is 14.1. The van der Waals surface area contributed by atoms with Gasteiger partial charge < -0.3 is 5.32 Å². The molecule has 7 heteroatoms. The molecule has 0 bridgehead atoms. The van der Waals surface area contributed by atoms with Gasteiger partial charge in [-0.15, -0.1) is 5.10 Å². The lowest BCUT2D eigenvalue weighted by Crippen LogP contribution is -2.44. The maximum absolute atomic E-state index is 14.1. The molecule has 0 aliphatic carbocycles. The molecule has 1 amide bonds. The Morgan fingerprint density at radius 1 is 0.750 bits per heavy atom. The van der Waals surface area contributed by atoms with Gasteiger partial charge in [0, 0.05) is 27.2 Å². The van der Waals surface area contributed by atoms with Gasteiger partial charge in [-0.25, -0.2) is 10.0 Å². The van der Waals surface area contributed by atoms with Crippen LogP contribution < -0.4 is 15.2 Å². The molecule has 0 aromatic heterocycles. The standard InChI is InChI=1S/C33H22BrN5O/c34-24-17-19-26(20-18-24)39-29(22-9-3-1-4-10-22)21-30-36-27-15-7-11-23-12-8-16-28(31(23)27)38(30)32(37-39)33(40)35-25-13-5-2-6-14-25/h1-21H,(H,35,40). The van der Waals surface area contributed by atoms with Gasteiger partial charge in [0.25, 0.3) is 5.91 Å². The molecule has 1 N–H and O–H groups in total. The molecule has 0 spiro atoms. The van der Waals surface area contributed by atoms with Gasteiger partial charge in [0.15, 0.2) is 0 Å².